The van der Waals surface area contributed by atoms with Crippen LogP contribution in [0.25, 0.3) is 17.0 Å². The number of nitrogens with zero attached hydrogens (tertiary/aromatic N) is 2. The van der Waals surface area contributed by atoms with Gasteiger partial charge in [0.2, 0.25) is 0 Å². The van der Waals surface area contributed by atoms with Gasteiger partial charge < -0.3 is 9.30 Å². The zero-order valence-electron chi connectivity index (χ0n) is 20.8. The van der Waals surface area contributed by atoms with Crippen LogP contribution >= 0.6 is 11.6 Å². The van der Waals surface area contributed by atoms with E-state index in [-0.39, 0.29) is 5.57 Å². The third-order valence-electron chi connectivity index (χ3n) is 6.45. The molecule has 2 heterocycles. The van der Waals surface area contributed by atoms with Gasteiger partial charge in [0.15, 0.2) is 0 Å². The van der Waals surface area contributed by atoms with Gasteiger partial charge in [0.25, 0.3) is 11.8 Å². The number of ether oxygens (including phenoxy) is 1. The smallest absolute Gasteiger partial charge is 0.335 e. The normalized spacial score (nSPS) is 14.8. The zero-order chi connectivity index (χ0) is 26.6. The summed E-state index contributed by atoms with van der Waals surface area (Å²) < 4.78 is 7.88. The number of fused-ring (bicyclic) bond motifs is 1. The maximum absolute atomic E-state index is 13.4. The van der Waals surface area contributed by atoms with Gasteiger partial charge in [-0.3, -0.25) is 14.9 Å². The number of para-hydroxylation sites is 1. The van der Waals surface area contributed by atoms with Crippen LogP contribution in [-0.2, 0) is 22.6 Å². The van der Waals surface area contributed by atoms with Gasteiger partial charge in [-0.05, 0) is 66.9 Å². The summed E-state index contributed by atoms with van der Waals surface area (Å²) in [6.45, 7) is 3.21. The molecule has 0 bridgehead atoms. The fourth-order valence-electron chi connectivity index (χ4n) is 4.46. The number of hydrogen-bond acceptors (Lipinski definition) is 4. The minimum absolute atomic E-state index is 0.0989. The first-order chi connectivity index (χ1) is 18.4. The van der Waals surface area contributed by atoms with Gasteiger partial charge in [-0.15, -0.1) is 0 Å². The fourth-order valence-corrected chi connectivity index (χ4v) is 4.59. The van der Waals surface area contributed by atoms with Crippen molar-refractivity contribution in [3.8, 4) is 5.75 Å². The standard InChI is InChI=1S/C30H26ClN3O4/c1-2-20-8-12-23(13-9-20)34-29(36)26(28(35)32-30(34)37)18-21-19-33(27-7-4-3-6-25(21)27)16-5-17-38-24-14-10-22(31)11-15-24/h3-4,6-15,18-19H,2,5,16-17H2,1H3,(H,32,35,37)/b26-18-. The number of amides is 4. The summed E-state index contributed by atoms with van der Waals surface area (Å²) in [5, 5.41) is 3.86. The van der Waals surface area contributed by atoms with E-state index in [9.17, 15) is 14.4 Å². The second-order valence-electron chi connectivity index (χ2n) is 8.93. The Morgan fingerprint density at radius 2 is 1.68 bits per heavy atom. The minimum Gasteiger partial charge on any atom is -0.494 e. The molecule has 4 amide bonds. The molecule has 3 aromatic carbocycles. The summed E-state index contributed by atoms with van der Waals surface area (Å²) in [4.78, 5) is 39.7. The Morgan fingerprint density at radius 1 is 0.947 bits per heavy atom. The summed E-state index contributed by atoms with van der Waals surface area (Å²) in [6.07, 6.45) is 5.05. The number of halogens is 1. The van der Waals surface area contributed by atoms with E-state index in [4.69, 9.17) is 16.3 Å². The number of carbonyl (C=O) groups excluding carboxylic acids is 3. The molecule has 1 aromatic heterocycles. The van der Waals surface area contributed by atoms with E-state index in [1.54, 1.807) is 30.3 Å². The summed E-state index contributed by atoms with van der Waals surface area (Å²) in [5.74, 6) is -0.617. The van der Waals surface area contributed by atoms with E-state index in [2.05, 4.69) is 9.88 Å². The van der Waals surface area contributed by atoms with Crippen LogP contribution in [0.1, 0.15) is 24.5 Å². The second-order valence-corrected chi connectivity index (χ2v) is 9.37. The Kier molecular flexibility index (Phi) is 7.29. The lowest BCUT2D eigenvalue weighted by atomic mass is 10.1. The SMILES string of the molecule is CCc1ccc(N2C(=O)NC(=O)/C(=C/c3cn(CCCOc4ccc(Cl)cc4)c4ccccc34)C2=O)cc1. The molecule has 1 aliphatic rings. The lowest BCUT2D eigenvalue weighted by Crippen LogP contribution is -2.54. The molecule has 0 unspecified atom stereocenters. The highest BCUT2D eigenvalue weighted by atomic mass is 35.5. The van der Waals surface area contributed by atoms with E-state index in [0.29, 0.717) is 29.4 Å². The van der Waals surface area contributed by atoms with Gasteiger partial charge in [-0.2, -0.15) is 0 Å². The second kappa shape index (κ2) is 10.9. The van der Waals surface area contributed by atoms with Crippen LogP contribution in [-0.4, -0.2) is 29.0 Å². The van der Waals surface area contributed by atoms with Crippen molar-refractivity contribution in [3.05, 3.63) is 101 Å². The molecule has 7 nitrogen and oxygen atoms in total. The summed E-state index contributed by atoms with van der Waals surface area (Å²) in [7, 11) is 0. The van der Waals surface area contributed by atoms with E-state index in [0.717, 1.165) is 40.0 Å². The Morgan fingerprint density at radius 3 is 2.42 bits per heavy atom. The highest BCUT2D eigenvalue weighted by Crippen LogP contribution is 2.27. The first kappa shape index (κ1) is 25.3. The number of nitrogens with one attached hydrogen (secondary N) is 1. The largest absolute Gasteiger partial charge is 0.494 e. The Bertz CT molecular complexity index is 1540. The van der Waals surface area contributed by atoms with Crippen molar-refractivity contribution >= 4 is 52.1 Å². The van der Waals surface area contributed by atoms with Crippen LogP contribution in [0.15, 0.2) is 84.6 Å². The monoisotopic (exact) mass is 527 g/mol. The molecule has 0 atom stereocenters. The third kappa shape index (κ3) is 5.19. The maximum Gasteiger partial charge on any atom is 0.335 e. The molecule has 1 N–H and O–H groups in total. The number of aryl methyl sites for hydroxylation is 2. The Labute approximate surface area is 225 Å². The van der Waals surface area contributed by atoms with Gasteiger partial charge in [0.1, 0.15) is 11.3 Å². The Hall–Kier alpha value is -4.36. The molecule has 38 heavy (non-hydrogen) atoms. The molecule has 1 aliphatic heterocycles. The highest BCUT2D eigenvalue weighted by molar-refractivity contribution is 6.39. The number of aromatic nitrogens is 1. The average molecular weight is 528 g/mol. The molecule has 5 rings (SSSR count). The van der Waals surface area contributed by atoms with Crippen LogP contribution in [0.5, 0.6) is 5.75 Å². The number of benzene rings is 3. The average Bonchev–Trinajstić information content (AvgIpc) is 3.27. The van der Waals surface area contributed by atoms with Crippen molar-refractivity contribution in [2.75, 3.05) is 11.5 Å². The summed E-state index contributed by atoms with van der Waals surface area (Å²) in [5.41, 5.74) is 3.08. The molecule has 8 heteroatoms. The number of barbiturate groups is 1. The number of imide groups is 2. The van der Waals surface area contributed by atoms with Crippen molar-refractivity contribution in [3.63, 3.8) is 0 Å². The van der Waals surface area contributed by atoms with Crippen LogP contribution in [0.2, 0.25) is 5.02 Å². The number of hydrogen-bond donors (Lipinski definition) is 1. The topological polar surface area (TPSA) is 80.6 Å². The lowest BCUT2D eigenvalue weighted by molar-refractivity contribution is -0.122. The van der Waals surface area contributed by atoms with Crippen molar-refractivity contribution in [1.29, 1.82) is 0 Å². The van der Waals surface area contributed by atoms with Crippen molar-refractivity contribution < 1.29 is 19.1 Å². The van der Waals surface area contributed by atoms with E-state index in [1.807, 2.05) is 61.7 Å². The number of anilines is 1. The zero-order valence-corrected chi connectivity index (χ0v) is 21.6. The molecular formula is C30H26ClN3O4. The van der Waals surface area contributed by atoms with Gasteiger partial charge in [-0.25, -0.2) is 9.69 Å². The van der Waals surface area contributed by atoms with E-state index < -0.39 is 17.8 Å². The molecule has 0 aliphatic carbocycles. The van der Waals surface area contributed by atoms with E-state index >= 15 is 0 Å². The Balaban J connectivity index is 1.38. The molecular weight excluding hydrogens is 502 g/mol. The van der Waals surface area contributed by atoms with Crippen molar-refractivity contribution in [2.24, 2.45) is 0 Å². The van der Waals surface area contributed by atoms with Crippen LogP contribution in [0, 0.1) is 0 Å². The quantitative estimate of drug-likeness (QED) is 0.173. The molecule has 192 valence electrons. The molecule has 0 saturated carbocycles. The third-order valence-corrected chi connectivity index (χ3v) is 6.70. The van der Waals surface area contributed by atoms with Gasteiger partial charge in [0.05, 0.1) is 12.3 Å². The van der Waals surface area contributed by atoms with Crippen molar-refractivity contribution in [1.82, 2.24) is 9.88 Å². The van der Waals surface area contributed by atoms with Crippen molar-refractivity contribution in [2.45, 2.75) is 26.3 Å². The molecule has 4 aromatic rings. The predicted molar refractivity (Wildman–Crippen MR) is 148 cm³/mol. The molecule has 1 saturated heterocycles. The van der Waals surface area contributed by atoms with Gasteiger partial charge in [-0.1, -0.05) is 48.9 Å². The van der Waals surface area contributed by atoms with Gasteiger partial charge in [0, 0.05) is 34.2 Å². The first-order valence-electron chi connectivity index (χ1n) is 12.4. The number of carbonyl (C=O) groups is 3. The molecule has 0 radical (unpaired) electrons. The molecule has 0 spiro atoms. The summed E-state index contributed by atoms with van der Waals surface area (Å²) >= 11 is 5.93. The van der Waals surface area contributed by atoms with Crippen LogP contribution < -0.4 is 15.0 Å². The maximum atomic E-state index is 13.4. The lowest BCUT2D eigenvalue weighted by Gasteiger charge is -2.26. The highest BCUT2D eigenvalue weighted by Gasteiger charge is 2.37. The van der Waals surface area contributed by atoms with Crippen LogP contribution in [0.3, 0.4) is 0 Å². The van der Waals surface area contributed by atoms with Gasteiger partial charge >= 0.3 is 6.03 Å². The first-order valence-corrected chi connectivity index (χ1v) is 12.8. The predicted octanol–water partition coefficient (Wildman–Crippen LogP) is 5.99. The number of rotatable bonds is 8. The molecule has 1 fully saturated rings. The number of urea groups is 1. The van der Waals surface area contributed by atoms with E-state index in [1.165, 1.54) is 0 Å². The summed E-state index contributed by atoms with van der Waals surface area (Å²) in [6, 6.07) is 21.4. The van der Waals surface area contributed by atoms with Crippen LogP contribution in [0.4, 0.5) is 10.5 Å². The minimum atomic E-state index is -0.760. The fraction of sp³-hybridized carbons (Fsp3) is 0.167.